The second-order valence-electron chi connectivity index (χ2n) is 4.46. The van der Waals surface area contributed by atoms with Gasteiger partial charge in [-0.2, -0.15) is 5.26 Å². The highest BCUT2D eigenvalue weighted by Gasteiger charge is 2.18. The summed E-state index contributed by atoms with van der Waals surface area (Å²) < 4.78 is 2.01. The van der Waals surface area contributed by atoms with Crippen molar-refractivity contribution in [3.8, 4) is 6.07 Å². The number of anilines is 1. The molecule has 0 bridgehead atoms. The second-order valence-corrected chi connectivity index (χ2v) is 5.39. The Labute approximate surface area is 111 Å². The van der Waals surface area contributed by atoms with Crippen molar-refractivity contribution >= 4 is 17.2 Å². The van der Waals surface area contributed by atoms with Crippen LogP contribution in [0.5, 0.6) is 0 Å². The molecule has 0 saturated heterocycles. The summed E-state index contributed by atoms with van der Waals surface area (Å²) in [4.78, 5) is 4.32. The van der Waals surface area contributed by atoms with E-state index >= 15 is 0 Å². The summed E-state index contributed by atoms with van der Waals surface area (Å²) in [5.74, 6) is 0.861. The first-order valence-corrected chi connectivity index (χ1v) is 6.68. The van der Waals surface area contributed by atoms with Gasteiger partial charge in [0.05, 0.1) is 10.6 Å². The molecule has 2 aromatic heterocycles. The van der Waals surface area contributed by atoms with E-state index in [1.54, 1.807) is 11.3 Å². The zero-order chi connectivity index (χ0) is 13.3. The summed E-state index contributed by atoms with van der Waals surface area (Å²) in [6, 6.07) is 2.17. The van der Waals surface area contributed by atoms with Crippen LogP contribution >= 0.6 is 11.3 Å². The molecule has 94 valence electrons. The van der Waals surface area contributed by atoms with E-state index in [0.29, 0.717) is 17.3 Å². The fourth-order valence-electron chi connectivity index (χ4n) is 2.10. The lowest BCUT2D eigenvalue weighted by Crippen LogP contribution is -2.10. The van der Waals surface area contributed by atoms with Gasteiger partial charge in [0.15, 0.2) is 0 Å². The van der Waals surface area contributed by atoms with Crippen molar-refractivity contribution < 1.29 is 0 Å². The fourth-order valence-corrected chi connectivity index (χ4v) is 2.79. The molecule has 5 heteroatoms. The molecule has 0 saturated carbocycles. The Morgan fingerprint density at radius 2 is 2.28 bits per heavy atom. The first-order chi connectivity index (χ1) is 8.56. The van der Waals surface area contributed by atoms with E-state index in [0.717, 1.165) is 22.8 Å². The standard InChI is InChI=1S/C13H16N4S/c1-8(13-16-4-5-18-13)7-17-10(3)9(2)11(6-14)12(17)15/h4-5,8H,7,15H2,1-3H3. The van der Waals surface area contributed by atoms with Gasteiger partial charge in [-0.15, -0.1) is 11.3 Å². The van der Waals surface area contributed by atoms with Crippen LogP contribution in [-0.4, -0.2) is 9.55 Å². The van der Waals surface area contributed by atoms with Crippen LogP contribution in [0.25, 0.3) is 0 Å². The van der Waals surface area contributed by atoms with Gasteiger partial charge in [-0.05, 0) is 19.4 Å². The highest BCUT2D eigenvalue weighted by molar-refractivity contribution is 7.09. The molecular weight excluding hydrogens is 244 g/mol. The van der Waals surface area contributed by atoms with Crippen molar-refractivity contribution in [1.82, 2.24) is 9.55 Å². The normalized spacial score (nSPS) is 12.3. The summed E-state index contributed by atoms with van der Waals surface area (Å²) >= 11 is 1.65. The first kappa shape index (κ1) is 12.7. The molecule has 1 unspecified atom stereocenters. The molecule has 0 aliphatic carbocycles. The number of nitriles is 1. The molecule has 0 spiro atoms. The number of hydrogen-bond acceptors (Lipinski definition) is 4. The first-order valence-electron chi connectivity index (χ1n) is 5.80. The monoisotopic (exact) mass is 260 g/mol. The van der Waals surface area contributed by atoms with E-state index in [9.17, 15) is 0 Å². The summed E-state index contributed by atoms with van der Waals surface area (Å²) in [5.41, 5.74) is 8.67. The average Bonchev–Trinajstić information content (AvgIpc) is 2.94. The van der Waals surface area contributed by atoms with Crippen molar-refractivity contribution in [2.75, 3.05) is 5.73 Å². The molecule has 0 aliphatic rings. The second kappa shape index (κ2) is 4.83. The third-order valence-corrected chi connectivity index (χ3v) is 4.32. The zero-order valence-corrected chi connectivity index (χ0v) is 11.6. The number of nitrogen functional groups attached to an aromatic ring is 1. The molecule has 0 aromatic carbocycles. The van der Waals surface area contributed by atoms with E-state index in [4.69, 9.17) is 11.0 Å². The molecular formula is C13H16N4S. The van der Waals surface area contributed by atoms with Gasteiger partial charge >= 0.3 is 0 Å². The molecule has 4 nitrogen and oxygen atoms in total. The number of thiazole rings is 1. The topological polar surface area (TPSA) is 67.6 Å². The van der Waals surface area contributed by atoms with E-state index in [2.05, 4.69) is 18.0 Å². The van der Waals surface area contributed by atoms with Crippen LogP contribution in [0.4, 0.5) is 5.82 Å². The van der Waals surface area contributed by atoms with Crippen LogP contribution < -0.4 is 5.73 Å². The third kappa shape index (κ3) is 2.00. The van der Waals surface area contributed by atoms with Crippen LogP contribution in [0.2, 0.25) is 0 Å². The predicted molar refractivity (Wildman–Crippen MR) is 73.6 cm³/mol. The number of nitrogens with zero attached hydrogens (tertiary/aromatic N) is 3. The van der Waals surface area contributed by atoms with Crippen LogP contribution in [0.3, 0.4) is 0 Å². The van der Waals surface area contributed by atoms with E-state index in [-0.39, 0.29) is 0 Å². The van der Waals surface area contributed by atoms with Crippen molar-refractivity contribution in [1.29, 1.82) is 5.26 Å². The van der Waals surface area contributed by atoms with Crippen molar-refractivity contribution in [2.45, 2.75) is 33.2 Å². The summed E-state index contributed by atoms with van der Waals surface area (Å²) in [5, 5.41) is 12.2. The van der Waals surface area contributed by atoms with Crippen molar-refractivity contribution in [3.05, 3.63) is 33.4 Å². The van der Waals surface area contributed by atoms with Crippen LogP contribution in [-0.2, 0) is 6.54 Å². The van der Waals surface area contributed by atoms with Gasteiger partial charge < -0.3 is 10.3 Å². The van der Waals surface area contributed by atoms with Crippen LogP contribution in [0.1, 0.15) is 34.7 Å². The highest BCUT2D eigenvalue weighted by Crippen LogP contribution is 2.27. The summed E-state index contributed by atoms with van der Waals surface area (Å²) in [7, 11) is 0. The van der Waals surface area contributed by atoms with Gasteiger partial charge in [-0.1, -0.05) is 6.92 Å². The molecule has 2 aromatic rings. The van der Waals surface area contributed by atoms with Gasteiger partial charge in [0.2, 0.25) is 0 Å². The van der Waals surface area contributed by atoms with Gasteiger partial charge in [-0.3, -0.25) is 0 Å². The lowest BCUT2D eigenvalue weighted by atomic mass is 10.2. The Morgan fingerprint density at radius 3 is 2.78 bits per heavy atom. The maximum atomic E-state index is 9.10. The minimum absolute atomic E-state index is 0.296. The minimum atomic E-state index is 0.296. The lowest BCUT2D eigenvalue weighted by molar-refractivity contribution is 0.591. The quantitative estimate of drug-likeness (QED) is 0.922. The van der Waals surface area contributed by atoms with Gasteiger partial charge in [-0.25, -0.2) is 4.98 Å². The Hall–Kier alpha value is -1.80. The molecule has 0 radical (unpaired) electrons. The Kier molecular flexibility index (Phi) is 3.39. The molecule has 2 heterocycles. The molecule has 2 N–H and O–H groups in total. The zero-order valence-electron chi connectivity index (χ0n) is 10.8. The van der Waals surface area contributed by atoms with Crippen LogP contribution in [0, 0.1) is 25.2 Å². The minimum Gasteiger partial charge on any atom is -0.384 e. The van der Waals surface area contributed by atoms with Gasteiger partial charge in [0, 0.05) is 29.7 Å². The summed E-state index contributed by atoms with van der Waals surface area (Å²) in [6.07, 6.45) is 1.81. The predicted octanol–water partition coefficient (Wildman–Crippen LogP) is 2.82. The largest absolute Gasteiger partial charge is 0.384 e. The number of rotatable bonds is 3. The molecule has 0 aliphatic heterocycles. The van der Waals surface area contributed by atoms with E-state index in [1.807, 2.05) is 30.0 Å². The number of nitrogens with two attached hydrogens (primary N) is 1. The maximum absolute atomic E-state index is 9.10. The summed E-state index contributed by atoms with van der Waals surface area (Å²) in [6.45, 7) is 6.82. The van der Waals surface area contributed by atoms with Gasteiger partial charge in [0.1, 0.15) is 11.9 Å². The average molecular weight is 260 g/mol. The Balaban J connectivity index is 2.33. The van der Waals surface area contributed by atoms with E-state index in [1.165, 1.54) is 0 Å². The van der Waals surface area contributed by atoms with Crippen molar-refractivity contribution in [3.63, 3.8) is 0 Å². The van der Waals surface area contributed by atoms with Gasteiger partial charge in [0.25, 0.3) is 0 Å². The van der Waals surface area contributed by atoms with Crippen molar-refractivity contribution in [2.24, 2.45) is 0 Å². The Bertz CT molecular complexity index is 590. The van der Waals surface area contributed by atoms with E-state index < -0.39 is 0 Å². The molecule has 1 atom stereocenters. The number of hydrogen-bond donors (Lipinski definition) is 1. The SMILES string of the molecule is Cc1c(C#N)c(N)n(CC(C)c2nccs2)c1C. The number of aromatic nitrogens is 2. The molecule has 18 heavy (non-hydrogen) atoms. The maximum Gasteiger partial charge on any atom is 0.122 e. The Morgan fingerprint density at radius 1 is 1.56 bits per heavy atom. The third-order valence-electron chi connectivity index (χ3n) is 3.31. The molecule has 0 fully saturated rings. The molecule has 2 rings (SSSR count). The highest BCUT2D eigenvalue weighted by atomic mass is 32.1. The smallest absolute Gasteiger partial charge is 0.122 e. The lowest BCUT2D eigenvalue weighted by Gasteiger charge is -2.13. The van der Waals surface area contributed by atoms with Crippen LogP contribution in [0.15, 0.2) is 11.6 Å². The fraction of sp³-hybridized carbons (Fsp3) is 0.385. The molecule has 0 amide bonds.